The van der Waals surface area contributed by atoms with Crippen LogP contribution >= 0.6 is 0 Å². The van der Waals surface area contributed by atoms with Gasteiger partial charge in [-0.1, -0.05) is 0 Å². The monoisotopic (exact) mass is 213 g/mol. The molecule has 3 atom stereocenters. The summed E-state index contributed by atoms with van der Waals surface area (Å²) in [4.78, 5) is 23.9. The second-order valence-corrected chi connectivity index (χ2v) is 4.25. The summed E-state index contributed by atoms with van der Waals surface area (Å²) in [6.45, 7) is 1.03. The summed E-state index contributed by atoms with van der Waals surface area (Å²) in [7, 11) is 0. The molecule has 0 aromatic heterocycles. The maximum atomic E-state index is 11.5. The molecule has 0 spiro atoms. The quantitative estimate of drug-likeness (QED) is 0.191. The molecule has 2 aliphatic rings. The molecule has 0 radical (unpaired) electrons. The average Bonchev–Trinajstić information content (AvgIpc) is 2.79. The standard InChI is InChI=1S/C9H15N3O3/c10-11-8(14)9(15)12-3-5-1-2-7(13)6(5)4-12/h5-7,13H,1-4,10H2,(H,11,14). The molecular weight excluding hydrogens is 198 g/mol. The third kappa shape index (κ3) is 1.70. The van der Waals surface area contributed by atoms with E-state index in [0.29, 0.717) is 19.0 Å². The van der Waals surface area contributed by atoms with Gasteiger partial charge in [0, 0.05) is 19.0 Å². The number of aliphatic hydroxyl groups is 1. The van der Waals surface area contributed by atoms with Gasteiger partial charge in [-0.3, -0.25) is 15.0 Å². The van der Waals surface area contributed by atoms with Crippen molar-refractivity contribution in [1.82, 2.24) is 10.3 Å². The Morgan fingerprint density at radius 2 is 2.07 bits per heavy atom. The van der Waals surface area contributed by atoms with Crippen LogP contribution < -0.4 is 11.3 Å². The molecule has 6 nitrogen and oxygen atoms in total. The number of rotatable bonds is 0. The molecule has 84 valence electrons. The van der Waals surface area contributed by atoms with Gasteiger partial charge in [0.1, 0.15) is 0 Å². The predicted molar refractivity (Wildman–Crippen MR) is 51.1 cm³/mol. The Balaban J connectivity index is 1.99. The van der Waals surface area contributed by atoms with Crippen LogP contribution in [0, 0.1) is 11.8 Å². The first kappa shape index (κ1) is 10.4. The summed E-state index contributed by atoms with van der Waals surface area (Å²) in [5, 5.41) is 9.63. The van der Waals surface area contributed by atoms with Crippen LogP contribution in [0.4, 0.5) is 0 Å². The maximum Gasteiger partial charge on any atom is 0.323 e. The Kier molecular flexibility index (Phi) is 2.62. The van der Waals surface area contributed by atoms with Gasteiger partial charge < -0.3 is 10.0 Å². The van der Waals surface area contributed by atoms with Crippen molar-refractivity contribution < 1.29 is 14.7 Å². The number of hydrazine groups is 1. The fourth-order valence-corrected chi connectivity index (χ4v) is 2.61. The molecule has 0 bridgehead atoms. The van der Waals surface area contributed by atoms with Crippen molar-refractivity contribution in [3.63, 3.8) is 0 Å². The molecule has 1 heterocycles. The van der Waals surface area contributed by atoms with Gasteiger partial charge in [0.2, 0.25) is 0 Å². The van der Waals surface area contributed by atoms with E-state index in [0.717, 1.165) is 12.8 Å². The molecule has 2 rings (SSSR count). The molecular formula is C9H15N3O3. The fraction of sp³-hybridized carbons (Fsp3) is 0.778. The molecule has 6 heteroatoms. The van der Waals surface area contributed by atoms with Crippen molar-refractivity contribution in [3.8, 4) is 0 Å². The Morgan fingerprint density at radius 3 is 2.67 bits per heavy atom. The number of amides is 2. The van der Waals surface area contributed by atoms with Crippen LogP contribution in [0.15, 0.2) is 0 Å². The number of nitrogens with zero attached hydrogens (tertiary/aromatic N) is 1. The van der Waals surface area contributed by atoms with E-state index in [4.69, 9.17) is 5.84 Å². The molecule has 1 saturated heterocycles. The summed E-state index contributed by atoms with van der Waals surface area (Å²) in [6.07, 6.45) is 1.41. The second kappa shape index (κ2) is 3.79. The van der Waals surface area contributed by atoms with Gasteiger partial charge in [0.05, 0.1) is 6.10 Å². The van der Waals surface area contributed by atoms with Crippen LogP contribution in [-0.2, 0) is 9.59 Å². The van der Waals surface area contributed by atoms with E-state index >= 15 is 0 Å². The molecule has 0 aromatic carbocycles. The van der Waals surface area contributed by atoms with Crippen molar-refractivity contribution in [1.29, 1.82) is 0 Å². The van der Waals surface area contributed by atoms with Crippen LogP contribution in [0.3, 0.4) is 0 Å². The van der Waals surface area contributed by atoms with E-state index in [9.17, 15) is 14.7 Å². The largest absolute Gasteiger partial charge is 0.393 e. The molecule has 2 amide bonds. The highest BCUT2D eigenvalue weighted by Crippen LogP contribution is 2.37. The first-order chi connectivity index (χ1) is 7.13. The van der Waals surface area contributed by atoms with E-state index in [2.05, 4.69) is 0 Å². The number of fused-ring (bicyclic) bond motifs is 1. The lowest BCUT2D eigenvalue weighted by Gasteiger charge is -2.16. The number of hydrogen-bond acceptors (Lipinski definition) is 4. The zero-order valence-corrected chi connectivity index (χ0v) is 8.35. The third-order valence-electron chi connectivity index (χ3n) is 3.43. The first-order valence-corrected chi connectivity index (χ1v) is 5.11. The smallest absolute Gasteiger partial charge is 0.323 e. The summed E-state index contributed by atoms with van der Waals surface area (Å²) >= 11 is 0. The number of aliphatic hydroxyl groups excluding tert-OH is 1. The average molecular weight is 213 g/mol. The van der Waals surface area contributed by atoms with E-state index < -0.39 is 11.8 Å². The SMILES string of the molecule is NNC(=O)C(=O)N1CC2CCC(O)C2C1. The first-order valence-electron chi connectivity index (χ1n) is 5.11. The molecule has 1 aliphatic heterocycles. The minimum Gasteiger partial charge on any atom is -0.393 e. The normalized spacial score (nSPS) is 34.0. The van der Waals surface area contributed by atoms with Crippen LogP contribution in [0.2, 0.25) is 0 Å². The van der Waals surface area contributed by atoms with E-state index in [1.165, 1.54) is 4.90 Å². The lowest BCUT2D eigenvalue weighted by molar-refractivity contribution is -0.145. The summed E-state index contributed by atoms with van der Waals surface area (Å²) < 4.78 is 0. The van der Waals surface area contributed by atoms with Crippen molar-refractivity contribution >= 4 is 11.8 Å². The molecule has 3 unspecified atom stereocenters. The van der Waals surface area contributed by atoms with Crippen LogP contribution in [-0.4, -0.2) is 41.0 Å². The number of nitrogens with two attached hydrogens (primary N) is 1. The molecule has 1 saturated carbocycles. The number of likely N-dealkylation sites (tertiary alicyclic amines) is 1. The zero-order chi connectivity index (χ0) is 11.0. The van der Waals surface area contributed by atoms with Crippen LogP contribution in [0.1, 0.15) is 12.8 Å². The van der Waals surface area contributed by atoms with Crippen molar-refractivity contribution in [3.05, 3.63) is 0 Å². The topological polar surface area (TPSA) is 95.7 Å². The van der Waals surface area contributed by atoms with Crippen molar-refractivity contribution in [2.45, 2.75) is 18.9 Å². The highest BCUT2D eigenvalue weighted by molar-refractivity contribution is 6.34. The lowest BCUT2D eigenvalue weighted by Crippen LogP contribution is -2.45. The van der Waals surface area contributed by atoms with Gasteiger partial charge in [0.25, 0.3) is 0 Å². The number of nitrogens with one attached hydrogen (secondary N) is 1. The van der Waals surface area contributed by atoms with Gasteiger partial charge in [-0.05, 0) is 18.8 Å². The Bertz CT molecular complexity index is 294. The maximum absolute atomic E-state index is 11.5. The lowest BCUT2D eigenvalue weighted by atomic mass is 10.00. The third-order valence-corrected chi connectivity index (χ3v) is 3.43. The molecule has 2 fully saturated rings. The Hall–Kier alpha value is -1.14. The molecule has 0 aromatic rings. The predicted octanol–water partition coefficient (Wildman–Crippen LogP) is -1.79. The number of carbonyl (C=O) groups is 2. The number of hydrogen-bond donors (Lipinski definition) is 3. The van der Waals surface area contributed by atoms with Gasteiger partial charge in [-0.25, -0.2) is 5.84 Å². The zero-order valence-electron chi connectivity index (χ0n) is 8.35. The Morgan fingerprint density at radius 1 is 1.33 bits per heavy atom. The second-order valence-electron chi connectivity index (χ2n) is 4.25. The fourth-order valence-electron chi connectivity index (χ4n) is 2.61. The van der Waals surface area contributed by atoms with E-state index in [1.54, 1.807) is 0 Å². The number of carbonyl (C=O) groups excluding carboxylic acids is 2. The van der Waals surface area contributed by atoms with Crippen molar-refractivity contribution in [2.24, 2.45) is 17.7 Å². The highest BCUT2D eigenvalue weighted by Gasteiger charge is 2.44. The summed E-state index contributed by atoms with van der Waals surface area (Å²) in [5.74, 6) is 3.98. The van der Waals surface area contributed by atoms with Gasteiger partial charge in [-0.2, -0.15) is 0 Å². The minimum absolute atomic E-state index is 0.138. The van der Waals surface area contributed by atoms with E-state index in [1.807, 2.05) is 5.43 Å². The van der Waals surface area contributed by atoms with Gasteiger partial charge >= 0.3 is 11.8 Å². The van der Waals surface area contributed by atoms with Gasteiger partial charge in [-0.15, -0.1) is 0 Å². The molecule has 4 N–H and O–H groups in total. The van der Waals surface area contributed by atoms with Crippen LogP contribution in [0.5, 0.6) is 0 Å². The van der Waals surface area contributed by atoms with Crippen molar-refractivity contribution in [2.75, 3.05) is 13.1 Å². The summed E-state index contributed by atoms with van der Waals surface area (Å²) in [6, 6.07) is 0. The molecule has 1 aliphatic carbocycles. The molecule has 15 heavy (non-hydrogen) atoms. The van der Waals surface area contributed by atoms with Crippen LogP contribution in [0.25, 0.3) is 0 Å². The minimum atomic E-state index is -0.788. The van der Waals surface area contributed by atoms with E-state index in [-0.39, 0.29) is 12.0 Å². The Labute approximate surface area is 87.4 Å². The highest BCUT2D eigenvalue weighted by atomic mass is 16.3. The van der Waals surface area contributed by atoms with Gasteiger partial charge in [0.15, 0.2) is 0 Å². The summed E-state index contributed by atoms with van der Waals surface area (Å²) in [5.41, 5.74) is 1.83.